The molecule has 0 radical (unpaired) electrons. The van der Waals surface area contributed by atoms with Crippen LogP contribution in [0, 0.1) is 5.92 Å². The molecule has 1 fully saturated rings. The quantitative estimate of drug-likeness (QED) is 0.811. The van der Waals surface area contributed by atoms with E-state index >= 15 is 0 Å². The molecule has 1 unspecified atom stereocenters. The number of ether oxygens (including phenoxy) is 1. The van der Waals surface area contributed by atoms with Gasteiger partial charge in [-0.1, -0.05) is 38.1 Å². The van der Waals surface area contributed by atoms with Crippen LogP contribution in [0.2, 0.25) is 0 Å². The maximum Gasteiger partial charge on any atom is 0.256 e. The Morgan fingerprint density at radius 1 is 1.03 bits per heavy atom. The number of para-hydroxylation sites is 3. The zero-order chi connectivity index (χ0) is 20.8. The summed E-state index contributed by atoms with van der Waals surface area (Å²) in [5.74, 6) is 0.631. The van der Waals surface area contributed by atoms with E-state index in [0.717, 1.165) is 30.9 Å². The van der Waals surface area contributed by atoms with Crippen LogP contribution in [-0.2, 0) is 4.79 Å². The SMILES string of the molecule is CCC(C)C(=O)Nc1ccccc1C(=O)N1CCN(c2ccccc2OC)CC1. The lowest BCUT2D eigenvalue weighted by molar-refractivity contribution is -0.119. The molecule has 1 atom stereocenters. The molecule has 154 valence electrons. The highest BCUT2D eigenvalue weighted by Crippen LogP contribution is 2.29. The summed E-state index contributed by atoms with van der Waals surface area (Å²) >= 11 is 0. The van der Waals surface area contributed by atoms with E-state index in [0.29, 0.717) is 24.3 Å². The van der Waals surface area contributed by atoms with Crippen LogP contribution in [-0.4, -0.2) is 50.0 Å². The first-order valence-electron chi connectivity index (χ1n) is 10.1. The molecule has 2 aromatic carbocycles. The lowest BCUT2D eigenvalue weighted by Gasteiger charge is -2.36. The van der Waals surface area contributed by atoms with Gasteiger partial charge in [0.1, 0.15) is 5.75 Å². The first kappa shape index (κ1) is 20.7. The molecule has 1 aliphatic heterocycles. The number of hydrogen-bond acceptors (Lipinski definition) is 4. The summed E-state index contributed by atoms with van der Waals surface area (Å²) in [6.45, 7) is 6.55. The van der Waals surface area contributed by atoms with Crippen molar-refractivity contribution in [3.05, 3.63) is 54.1 Å². The monoisotopic (exact) mass is 395 g/mol. The van der Waals surface area contributed by atoms with Gasteiger partial charge in [-0.05, 0) is 30.7 Å². The fourth-order valence-electron chi connectivity index (χ4n) is 3.43. The Hall–Kier alpha value is -3.02. The number of amides is 2. The average molecular weight is 396 g/mol. The van der Waals surface area contributed by atoms with Crippen LogP contribution in [0.25, 0.3) is 0 Å². The molecule has 29 heavy (non-hydrogen) atoms. The van der Waals surface area contributed by atoms with E-state index in [9.17, 15) is 9.59 Å². The van der Waals surface area contributed by atoms with Gasteiger partial charge < -0.3 is 19.9 Å². The summed E-state index contributed by atoms with van der Waals surface area (Å²) in [5.41, 5.74) is 2.16. The van der Waals surface area contributed by atoms with Gasteiger partial charge in [0.2, 0.25) is 5.91 Å². The third-order valence-corrected chi connectivity index (χ3v) is 5.47. The number of hydrogen-bond donors (Lipinski definition) is 1. The number of anilines is 2. The highest BCUT2D eigenvalue weighted by Gasteiger charge is 2.25. The highest BCUT2D eigenvalue weighted by molar-refractivity contribution is 6.04. The van der Waals surface area contributed by atoms with Crippen LogP contribution in [0.5, 0.6) is 5.75 Å². The molecule has 1 saturated heterocycles. The molecule has 1 N–H and O–H groups in total. The first-order valence-corrected chi connectivity index (χ1v) is 10.1. The second kappa shape index (κ2) is 9.45. The van der Waals surface area contributed by atoms with Gasteiger partial charge in [-0.3, -0.25) is 9.59 Å². The Morgan fingerprint density at radius 3 is 2.38 bits per heavy atom. The molecular weight excluding hydrogens is 366 g/mol. The normalized spacial score (nSPS) is 15.0. The Morgan fingerprint density at radius 2 is 1.69 bits per heavy atom. The minimum atomic E-state index is -0.0949. The maximum absolute atomic E-state index is 13.1. The van der Waals surface area contributed by atoms with Gasteiger partial charge in [0, 0.05) is 32.1 Å². The molecule has 2 amide bonds. The summed E-state index contributed by atoms with van der Waals surface area (Å²) in [5, 5.41) is 2.92. The van der Waals surface area contributed by atoms with Gasteiger partial charge in [0.25, 0.3) is 5.91 Å². The summed E-state index contributed by atoms with van der Waals surface area (Å²) in [4.78, 5) is 29.5. The van der Waals surface area contributed by atoms with Crippen molar-refractivity contribution in [2.24, 2.45) is 5.92 Å². The molecule has 2 aromatic rings. The van der Waals surface area contributed by atoms with E-state index in [-0.39, 0.29) is 17.7 Å². The van der Waals surface area contributed by atoms with E-state index in [2.05, 4.69) is 10.2 Å². The van der Waals surface area contributed by atoms with Crippen molar-refractivity contribution in [1.29, 1.82) is 0 Å². The summed E-state index contributed by atoms with van der Waals surface area (Å²) in [7, 11) is 1.67. The highest BCUT2D eigenvalue weighted by atomic mass is 16.5. The van der Waals surface area contributed by atoms with Crippen LogP contribution < -0.4 is 15.0 Å². The zero-order valence-corrected chi connectivity index (χ0v) is 17.4. The van der Waals surface area contributed by atoms with Gasteiger partial charge in [-0.2, -0.15) is 0 Å². The van der Waals surface area contributed by atoms with Crippen LogP contribution in [0.3, 0.4) is 0 Å². The summed E-state index contributed by atoms with van der Waals surface area (Å²) in [6.07, 6.45) is 0.757. The fourth-order valence-corrected chi connectivity index (χ4v) is 3.43. The Balaban J connectivity index is 1.69. The van der Waals surface area contributed by atoms with Gasteiger partial charge >= 0.3 is 0 Å². The number of nitrogens with zero attached hydrogens (tertiary/aromatic N) is 2. The topological polar surface area (TPSA) is 61.9 Å². The van der Waals surface area contributed by atoms with Gasteiger partial charge in [-0.25, -0.2) is 0 Å². The second-order valence-electron chi connectivity index (χ2n) is 7.30. The van der Waals surface area contributed by atoms with Crippen LogP contribution in [0.1, 0.15) is 30.6 Å². The van der Waals surface area contributed by atoms with Crippen LogP contribution >= 0.6 is 0 Å². The molecule has 0 aliphatic carbocycles. The smallest absolute Gasteiger partial charge is 0.256 e. The molecule has 1 aliphatic rings. The lowest BCUT2D eigenvalue weighted by Crippen LogP contribution is -2.49. The summed E-state index contributed by atoms with van der Waals surface area (Å²) in [6, 6.07) is 15.2. The Kier molecular flexibility index (Phi) is 6.75. The van der Waals surface area contributed by atoms with Crippen molar-refractivity contribution < 1.29 is 14.3 Å². The Labute approximate surface area is 172 Å². The molecular formula is C23H29N3O3. The standard InChI is InChI=1S/C23H29N3O3/c1-4-17(2)22(27)24-19-10-6-5-9-18(19)23(28)26-15-13-25(14-16-26)20-11-7-8-12-21(20)29-3/h5-12,17H,4,13-16H2,1-3H3,(H,24,27). The maximum atomic E-state index is 13.1. The number of carbonyl (C=O) groups excluding carboxylic acids is 2. The van der Waals surface area contributed by atoms with Gasteiger partial charge in [0.15, 0.2) is 0 Å². The second-order valence-corrected chi connectivity index (χ2v) is 7.30. The first-order chi connectivity index (χ1) is 14.0. The predicted octanol–water partition coefficient (Wildman–Crippen LogP) is 3.64. The van der Waals surface area contributed by atoms with Crippen molar-refractivity contribution in [1.82, 2.24) is 4.90 Å². The van der Waals surface area contributed by atoms with Crippen molar-refractivity contribution in [2.75, 3.05) is 43.5 Å². The molecule has 1 heterocycles. The Bertz CT molecular complexity index is 860. The number of carbonyl (C=O) groups is 2. The lowest BCUT2D eigenvalue weighted by atomic mass is 10.1. The zero-order valence-electron chi connectivity index (χ0n) is 17.4. The average Bonchev–Trinajstić information content (AvgIpc) is 2.78. The van der Waals surface area contributed by atoms with Crippen molar-refractivity contribution >= 4 is 23.2 Å². The molecule has 3 rings (SSSR count). The van der Waals surface area contributed by atoms with E-state index < -0.39 is 0 Å². The van der Waals surface area contributed by atoms with Crippen molar-refractivity contribution in [3.63, 3.8) is 0 Å². The molecule has 0 aromatic heterocycles. The van der Waals surface area contributed by atoms with E-state index in [4.69, 9.17) is 4.74 Å². The minimum absolute atomic E-state index is 0.0512. The third-order valence-electron chi connectivity index (χ3n) is 5.47. The fraction of sp³-hybridized carbons (Fsp3) is 0.391. The molecule has 0 bridgehead atoms. The number of methoxy groups -OCH3 is 1. The number of nitrogens with one attached hydrogen (secondary N) is 1. The minimum Gasteiger partial charge on any atom is -0.495 e. The van der Waals surface area contributed by atoms with Gasteiger partial charge in [-0.15, -0.1) is 0 Å². The molecule has 0 spiro atoms. The van der Waals surface area contributed by atoms with Crippen molar-refractivity contribution in [3.8, 4) is 5.75 Å². The number of piperazine rings is 1. The summed E-state index contributed by atoms with van der Waals surface area (Å²) < 4.78 is 5.46. The van der Waals surface area contributed by atoms with E-state index in [1.54, 1.807) is 19.2 Å². The number of rotatable bonds is 6. The van der Waals surface area contributed by atoms with Crippen molar-refractivity contribution in [2.45, 2.75) is 20.3 Å². The molecule has 6 heteroatoms. The van der Waals surface area contributed by atoms with E-state index in [1.165, 1.54) is 0 Å². The van der Waals surface area contributed by atoms with Gasteiger partial charge in [0.05, 0.1) is 24.0 Å². The third kappa shape index (κ3) is 4.70. The predicted molar refractivity (Wildman–Crippen MR) is 116 cm³/mol. The number of benzene rings is 2. The van der Waals surface area contributed by atoms with E-state index in [1.807, 2.05) is 55.1 Å². The largest absolute Gasteiger partial charge is 0.495 e. The van der Waals surface area contributed by atoms with Crippen LogP contribution in [0.4, 0.5) is 11.4 Å². The van der Waals surface area contributed by atoms with Crippen LogP contribution in [0.15, 0.2) is 48.5 Å². The molecule has 6 nitrogen and oxygen atoms in total. The molecule has 0 saturated carbocycles.